The maximum Gasteiger partial charge on any atom is 0.119 e. The Bertz CT molecular complexity index is 2860. The number of methoxy groups -OCH3 is 1. The van der Waals surface area contributed by atoms with Crippen LogP contribution >= 0.6 is 0 Å². The molecule has 0 saturated carbocycles. The van der Waals surface area contributed by atoms with E-state index in [1.807, 2.05) is 6.07 Å². The number of rotatable bonds is 1. The second-order valence-corrected chi connectivity index (χ2v) is 15.5. The summed E-state index contributed by atoms with van der Waals surface area (Å²) in [7, 11) is 1.69. The quantitative estimate of drug-likeness (QED) is 0.162. The largest absolute Gasteiger partial charge is 0.497 e. The van der Waals surface area contributed by atoms with E-state index in [4.69, 9.17) is 4.74 Å². The van der Waals surface area contributed by atoms with Gasteiger partial charge in [0.15, 0.2) is 0 Å². The van der Waals surface area contributed by atoms with Crippen molar-refractivity contribution in [2.24, 2.45) is 0 Å². The van der Waals surface area contributed by atoms with Crippen molar-refractivity contribution in [3.63, 3.8) is 0 Å². The Hall–Kier alpha value is -6.70. The van der Waals surface area contributed by atoms with Gasteiger partial charge in [-0.25, -0.2) is 0 Å². The highest BCUT2D eigenvalue weighted by Crippen LogP contribution is 2.23. The summed E-state index contributed by atoms with van der Waals surface area (Å²) in [5.74, 6) is 0.913. The Labute approximate surface area is 351 Å². The fraction of sp³-hybridized carbons (Fsp3) is 0.138. The molecule has 0 spiro atoms. The number of hydrogen-bond acceptors (Lipinski definition) is 1. The van der Waals surface area contributed by atoms with Crippen LogP contribution in [0.5, 0.6) is 5.75 Å². The van der Waals surface area contributed by atoms with Crippen molar-refractivity contribution < 1.29 is 4.74 Å². The van der Waals surface area contributed by atoms with Crippen molar-refractivity contribution in [1.29, 1.82) is 0 Å². The smallest absolute Gasteiger partial charge is 0.119 e. The van der Waals surface area contributed by atoms with E-state index in [-0.39, 0.29) is 0 Å². The predicted octanol–water partition coefficient (Wildman–Crippen LogP) is 16.4. The van der Waals surface area contributed by atoms with Gasteiger partial charge in [-0.2, -0.15) is 0 Å². The topological polar surface area (TPSA) is 9.23 Å². The summed E-state index contributed by atoms with van der Waals surface area (Å²) in [6.07, 6.45) is 0. The van der Waals surface area contributed by atoms with E-state index in [1.165, 1.54) is 92.8 Å². The van der Waals surface area contributed by atoms with Gasteiger partial charge in [0.25, 0.3) is 0 Å². The summed E-state index contributed by atoms with van der Waals surface area (Å²) in [4.78, 5) is 0. The summed E-state index contributed by atoms with van der Waals surface area (Å²) >= 11 is 0. The zero-order valence-electron chi connectivity index (χ0n) is 35.9. The molecule has 0 fully saturated rings. The first-order valence-electron chi connectivity index (χ1n) is 20.4. The van der Waals surface area contributed by atoms with Crippen LogP contribution in [0.3, 0.4) is 0 Å². The molecule has 10 aromatic rings. The van der Waals surface area contributed by atoms with Crippen LogP contribution in [0.15, 0.2) is 194 Å². The summed E-state index contributed by atoms with van der Waals surface area (Å²) < 4.78 is 5.15. The molecule has 10 rings (SSSR count). The number of aryl methyl sites for hydroxylation is 7. The van der Waals surface area contributed by atoms with Crippen LogP contribution in [0.2, 0.25) is 0 Å². The van der Waals surface area contributed by atoms with E-state index >= 15 is 0 Å². The highest BCUT2D eigenvalue weighted by atomic mass is 16.5. The Morgan fingerprint density at radius 2 is 0.593 bits per heavy atom. The van der Waals surface area contributed by atoms with Crippen molar-refractivity contribution in [2.45, 2.75) is 48.5 Å². The van der Waals surface area contributed by atoms with Crippen LogP contribution in [-0.4, -0.2) is 7.11 Å². The minimum atomic E-state index is 0.913. The fourth-order valence-electron chi connectivity index (χ4n) is 7.25. The molecule has 0 N–H and O–H groups in total. The van der Waals surface area contributed by atoms with Crippen LogP contribution < -0.4 is 4.74 Å². The lowest BCUT2D eigenvalue weighted by Crippen LogP contribution is -1.82. The normalized spacial score (nSPS) is 10.4. The zero-order valence-corrected chi connectivity index (χ0v) is 35.9. The van der Waals surface area contributed by atoms with Crippen LogP contribution in [0.4, 0.5) is 0 Å². The van der Waals surface area contributed by atoms with Gasteiger partial charge >= 0.3 is 0 Å². The molecule has 0 radical (unpaired) electrons. The van der Waals surface area contributed by atoms with Crippen molar-refractivity contribution in [3.8, 4) is 5.75 Å². The second-order valence-electron chi connectivity index (χ2n) is 15.5. The molecule has 1 nitrogen and oxygen atoms in total. The predicted molar refractivity (Wildman–Crippen MR) is 259 cm³/mol. The highest BCUT2D eigenvalue weighted by Gasteiger charge is 1.99. The molecule has 0 unspecified atom stereocenters. The first kappa shape index (κ1) is 41.9. The first-order chi connectivity index (χ1) is 28.6. The molecule has 0 amide bonds. The third-order valence-electron chi connectivity index (χ3n) is 10.6. The van der Waals surface area contributed by atoms with Gasteiger partial charge in [-0.05, 0) is 131 Å². The van der Waals surface area contributed by atoms with Gasteiger partial charge in [-0.3, -0.25) is 0 Å². The van der Waals surface area contributed by atoms with Crippen LogP contribution in [0.1, 0.15) is 38.9 Å². The maximum absolute atomic E-state index is 5.15. The lowest BCUT2D eigenvalue weighted by molar-refractivity contribution is 0.415. The van der Waals surface area contributed by atoms with E-state index in [0.29, 0.717) is 0 Å². The van der Waals surface area contributed by atoms with E-state index in [0.717, 1.165) is 5.75 Å². The van der Waals surface area contributed by atoms with E-state index in [1.54, 1.807) is 7.11 Å². The van der Waals surface area contributed by atoms with Gasteiger partial charge in [-0.1, -0.05) is 204 Å². The molecular formula is C58H56O. The molecule has 0 aromatic heterocycles. The molecule has 10 aromatic carbocycles. The van der Waals surface area contributed by atoms with Gasteiger partial charge in [0.2, 0.25) is 0 Å². The van der Waals surface area contributed by atoms with Crippen LogP contribution in [0.25, 0.3) is 53.9 Å². The number of fused-ring (bicyclic) bond motifs is 5. The summed E-state index contributed by atoms with van der Waals surface area (Å²) in [6, 6.07) is 68.3. The molecule has 59 heavy (non-hydrogen) atoms. The number of hydrogen-bond donors (Lipinski definition) is 0. The van der Waals surface area contributed by atoms with Gasteiger partial charge < -0.3 is 4.74 Å². The van der Waals surface area contributed by atoms with E-state index in [9.17, 15) is 0 Å². The lowest BCUT2D eigenvalue weighted by atomic mass is 10.0. The van der Waals surface area contributed by atoms with Crippen LogP contribution in [0, 0.1) is 48.5 Å². The average molecular weight is 769 g/mol. The minimum Gasteiger partial charge on any atom is -0.497 e. The highest BCUT2D eigenvalue weighted by molar-refractivity contribution is 5.89. The molecule has 294 valence electrons. The summed E-state index contributed by atoms with van der Waals surface area (Å²) in [6.45, 7) is 14.9. The van der Waals surface area contributed by atoms with Gasteiger partial charge in [-0.15, -0.1) is 0 Å². The first-order valence-corrected chi connectivity index (χ1v) is 20.4. The molecule has 1 heteroatoms. The second kappa shape index (κ2) is 20.1. The maximum atomic E-state index is 5.15. The lowest BCUT2D eigenvalue weighted by Gasteiger charge is -2.03. The summed E-state index contributed by atoms with van der Waals surface area (Å²) in [5.41, 5.74) is 9.33. The van der Waals surface area contributed by atoms with E-state index < -0.39 is 0 Å². The SMILES string of the molecule is COc1ccc2cc(C)ccc2c1.Cc1ccc(C)c2ccccc12.Cc1ccc2cc(C)ccc2c1.Cc1ccc2ccccc2c1.Cc1cccc2ccccc12. The average Bonchev–Trinajstić information content (AvgIpc) is 3.26. The van der Waals surface area contributed by atoms with Crippen molar-refractivity contribution in [2.75, 3.05) is 7.11 Å². The Morgan fingerprint density at radius 1 is 0.254 bits per heavy atom. The molecule has 0 bridgehead atoms. The molecular weight excluding hydrogens is 713 g/mol. The van der Waals surface area contributed by atoms with Crippen molar-refractivity contribution in [3.05, 3.63) is 233 Å². The molecule has 0 aliphatic heterocycles. The number of ether oxygens (including phenoxy) is 1. The van der Waals surface area contributed by atoms with Gasteiger partial charge in [0.05, 0.1) is 7.11 Å². The minimum absolute atomic E-state index is 0.913. The van der Waals surface area contributed by atoms with Crippen molar-refractivity contribution >= 4 is 53.9 Å². The molecule has 0 saturated heterocycles. The number of benzene rings is 10. The van der Waals surface area contributed by atoms with Crippen LogP contribution in [-0.2, 0) is 0 Å². The summed E-state index contributed by atoms with van der Waals surface area (Å²) in [5, 5.41) is 13.2. The van der Waals surface area contributed by atoms with Gasteiger partial charge in [0, 0.05) is 0 Å². The molecule has 0 aliphatic carbocycles. The molecule has 0 aliphatic rings. The fourth-order valence-corrected chi connectivity index (χ4v) is 7.25. The Balaban J connectivity index is 0.000000124. The van der Waals surface area contributed by atoms with Crippen molar-refractivity contribution in [1.82, 2.24) is 0 Å². The Kier molecular flexibility index (Phi) is 14.3. The molecule has 0 atom stereocenters. The zero-order chi connectivity index (χ0) is 41.7. The third kappa shape index (κ3) is 11.5. The Morgan fingerprint density at radius 3 is 1.07 bits per heavy atom. The standard InChI is InChI=1S/C12H12O.2C12H12.2C11H10/c1-9-3-4-11-8-12(13-2)6-5-10(11)7-9;1-9-3-5-12-8-10(2)4-6-11(12)7-9;1-9-7-8-10(2)12-6-4-3-5-11(9)12;1-9-5-4-7-10-6-2-3-8-11(9)10;1-9-6-7-10-4-2-3-5-11(10)8-9/h3-8H,1-2H3;2*3-8H,1-2H3;2*2-8H,1H3. The third-order valence-corrected chi connectivity index (χ3v) is 10.6. The van der Waals surface area contributed by atoms with E-state index in [2.05, 4.69) is 237 Å². The van der Waals surface area contributed by atoms with Gasteiger partial charge in [0.1, 0.15) is 5.75 Å². The monoisotopic (exact) mass is 768 g/mol. The molecule has 0 heterocycles.